The Hall–Kier alpha value is -4.66. The Kier molecular flexibility index (Phi) is 9.09. The van der Waals surface area contributed by atoms with Crippen molar-refractivity contribution in [3.63, 3.8) is 0 Å². The van der Waals surface area contributed by atoms with Crippen molar-refractivity contribution in [2.24, 2.45) is 0 Å². The minimum atomic E-state index is -0.615. The van der Waals surface area contributed by atoms with Crippen molar-refractivity contribution >= 4 is 11.8 Å². The van der Waals surface area contributed by atoms with Crippen LogP contribution >= 0.6 is 0 Å². The van der Waals surface area contributed by atoms with Crippen LogP contribution in [-0.2, 0) is 18.0 Å². The third-order valence-corrected chi connectivity index (χ3v) is 6.88. The van der Waals surface area contributed by atoms with Gasteiger partial charge in [0.25, 0.3) is 0 Å². The van der Waals surface area contributed by atoms with E-state index in [4.69, 9.17) is 14.2 Å². The lowest BCUT2D eigenvalue weighted by Crippen LogP contribution is -2.50. The van der Waals surface area contributed by atoms with Gasteiger partial charge in [-0.25, -0.2) is 13.6 Å². The van der Waals surface area contributed by atoms with Crippen LogP contribution in [0.1, 0.15) is 31.9 Å². The molecule has 7 nitrogen and oxygen atoms in total. The van der Waals surface area contributed by atoms with Crippen molar-refractivity contribution in [2.75, 3.05) is 31.1 Å². The van der Waals surface area contributed by atoms with Crippen molar-refractivity contribution in [2.45, 2.75) is 39.6 Å². The van der Waals surface area contributed by atoms with Crippen molar-refractivity contribution in [3.8, 4) is 22.9 Å². The summed E-state index contributed by atoms with van der Waals surface area (Å²) in [6, 6.07) is 24.8. The van der Waals surface area contributed by atoms with Gasteiger partial charge >= 0.3 is 6.09 Å². The first-order valence-corrected chi connectivity index (χ1v) is 14.2. The number of nitrogens with zero attached hydrogens (tertiary/aromatic N) is 3. The first-order chi connectivity index (χ1) is 20.7. The van der Waals surface area contributed by atoms with Gasteiger partial charge in [-0.3, -0.25) is 0 Å². The third kappa shape index (κ3) is 7.80. The molecule has 1 saturated heterocycles. The SMILES string of the molecule is CC(C)(C)OC(=O)N1CCN(c2cc(F)c(-c3ccc(OCc4ccccc4)nc3OCc3ccccc3)cc2F)CC1. The molecule has 0 bridgehead atoms. The van der Waals surface area contributed by atoms with Crippen LogP contribution in [0.5, 0.6) is 11.8 Å². The highest BCUT2D eigenvalue weighted by atomic mass is 19.1. The number of benzene rings is 3. The fourth-order valence-electron chi connectivity index (χ4n) is 4.72. The molecule has 2 heterocycles. The zero-order chi connectivity index (χ0) is 30.4. The van der Waals surface area contributed by atoms with Crippen LogP contribution < -0.4 is 14.4 Å². The minimum Gasteiger partial charge on any atom is -0.473 e. The minimum absolute atomic E-state index is 0.0267. The summed E-state index contributed by atoms with van der Waals surface area (Å²) >= 11 is 0. The Morgan fingerprint density at radius 3 is 1.98 bits per heavy atom. The van der Waals surface area contributed by atoms with Crippen LogP contribution in [0.4, 0.5) is 19.3 Å². The first kappa shape index (κ1) is 29.8. The maximum atomic E-state index is 15.7. The largest absolute Gasteiger partial charge is 0.473 e. The summed E-state index contributed by atoms with van der Waals surface area (Å²) in [5.74, 6) is -0.765. The molecule has 1 aliphatic heterocycles. The smallest absolute Gasteiger partial charge is 0.410 e. The standard InChI is InChI=1S/C34H35F2N3O4/c1-34(2,3)43-33(40)39-18-16-38(17-19-39)30-21-28(35)27(20-29(30)36)26-14-15-31(41-22-24-10-6-4-7-11-24)37-32(26)42-23-25-12-8-5-9-13-25/h4-15,20-21H,16-19,22-23H2,1-3H3. The first-order valence-electron chi connectivity index (χ1n) is 14.2. The molecule has 4 aromatic rings. The van der Waals surface area contributed by atoms with E-state index in [-0.39, 0.29) is 23.7 Å². The lowest BCUT2D eigenvalue weighted by Gasteiger charge is -2.37. The topological polar surface area (TPSA) is 64.1 Å². The van der Waals surface area contributed by atoms with Crippen LogP contribution in [-0.4, -0.2) is 47.8 Å². The second kappa shape index (κ2) is 13.1. The molecule has 0 atom stereocenters. The second-order valence-corrected chi connectivity index (χ2v) is 11.3. The maximum Gasteiger partial charge on any atom is 0.410 e. The molecule has 1 amide bonds. The summed E-state index contributed by atoms with van der Waals surface area (Å²) in [6.07, 6.45) is -0.416. The molecular weight excluding hydrogens is 552 g/mol. The van der Waals surface area contributed by atoms with Crippen LogP contribution in [0.15, 0.2) is 84.9 Å². The van der Waals surface area contributed by atoms with E-state index < -0.39 is 23.3 Å². The van der Waals surface area contributed by atoms with Crippen molar-refractivity contribution in [1.82, 2.24) is 9.88 Å². The van der Waals surface area contributed by atoms with Gasteiger partial charge in [0.05, 0.1) is 5.69 Å². The highest BCUT2D eigenvalue weighted by Crippen LogP contribution is 2.36. The number of ether oxygens (including phenoxy) is 3. The second-order valence-electron chi connectivity index (χ2n) is 11.3. The van der Waals surface area contributed by atoms with E-state index in [1.165, 1.54) is 12.1 Å². The summed E-state index contributed by atoms with van der Waals surface area (Å²) in [7, 11) is 0. The van der Waals surface area contributed by atoms with Gasteiger partial charge in [-0.2, -0.15) is 4.98 Å². The number of pyridine rings is 1. The molecule has 3 aromatic carbocycles. The number of carbonyl (C=O) groups excluding carboxylic acids is 1. The van der Waals surface area contributed by atoms with Crippen LogP contribution in [0.3, 0.4) is 0 Å². The normalized spacial score (nSPS) is 13.5. The van der Waals surface area contributed by atoms with E-state index in [2.05, 4.69) is 4.98 Å². The van der Waals surface area contributed by atoms with Gasteiger partial charge in [0, 0.05) is 49.4 Å². The van der Waals surface area contributed by atoms with Gasteiger partial charge in [-0.1, -0.05) is 60.7 Å². The molecule has 5 rings (SSSR count). The van der Waals surface area contributed by atoms with Gasteiger partial charge in [0.1, 0.15) is 30.4 Å². The molecule has 224 valence electrons. The molecular formula is C34H35F2N3O4. The quantitative estimate of drug-likeness (QED) is 0.217. The molecule has 0 radical (unpaired) electrons. The number of anilines is 1. The predicted octanol–water partition coefficient (Wildman–Crippen LogP) is 7.24. The molecule has 0 saturated carbocycles. The number of carbonyl (C=O) groups is 1. The summed E-state index contributed by atoms with van der Waals surface area (Å²) in [4.78, 5) is 20.2. The Morgan fingerprint density at radius 2 is 1.37 bits per heavy atom. The molecule has 0 aliphatic carbocycles. The molecule has 9 heteroatoms. The number of rotatable bonds is 8. The van der Waals surface area contributed by atoms with Gasteiger partial charge in [0.2, 0.25) is 11.8 Å². The average Bonchev–Trinajstić information content (AvgIpc) is 3.00. The van der Waals surface area contributed by atoms with E-state index in [0.29, 0.717) is 44.2 Å². The molecule has 1 aromatic heterocycles. The molecule has 1 aliphatic rings. The van der Waals surface area contributed by atoms with Gasteiger partial charge < -0.3 is 24.0 Å². The van der Waals surface area contributed by atoms with E-state index >= 15 is 8.78 Å². The van der Waals surface area contributed by atoms with Crippen molar-refractivity contribution in [3.05, 3.63) is 108 Å². The molecule has 0 unspecified atom stereocenters. The molecule has 43 heavy (non-hydrogen) atoms. The van der Waals surface area contributed by atoms with Crippen molar-refractivity contribution < 1.29 is 27.8 Å². The number of hydrogen-bond acceptors (Lipinski definition) is 6. The van der Waals surface area contributed by atoms with E-state index in [0.717, 1.165) is 11.1 Å². The summed E-state index contributed by atoms with van der Waals surface area (Å²) < 4.78 is 48.6. The lowest BCUT2D eigenvalue weighted by molar-refractivity contribution is 0.0240. The average molecular weight is 588 g/mol. The van der Waals surface area contributed by atoms with Crippen LogP contribution in [0.2, 0.25) is 0 Å². The van der Waals surface area contributed by atoms with Crippen LogP contribution in [0, 0.1) is 11.6 Å². The number of piperazine rings is 1. The summed E-state index contributed by atoms with van der Waals surface area (Å²) in [6.45, 7) is 7.26. The molecule has 0 spiro atoms. The fourth-order valence-corrected chi connectivity index (χ4v) is 4.72. The monoisotopic (exact) mass is 587 g/mol. The third-order valence-electron chi connectivity index (χ3n) is 6.88. The summed E-state index contributed by atoms with van der Waals surface area (Å²) in [5.41, 5.74) is 1.73. The number of aromatic nitrogens is 1. The predicted molar refractivity (Wildman–Crippen MR) is 161 cm³/mol. The number of halogens is 2. The van der Waals surface area contributed by atoms with Gasteiger partial charge in [0.15, 0.2) is 0 Å². The Bertz CT molecular complexity index is 1540. The lowest BCUT2D eigenvalue weighted by atomic mass is 10.0. The summed E-state index contributed by atoms with van der Waals surface area (Å²) in [5, 5.41) is 0. The Morgan fingerprint density at radius 1 is 0.767 bits per heavy atom. The zero-order valence-corrected chi connectivity index (χ0v) is 24.6. The number of amides is 1. The highest BCUT2D eigenvalue weighted by Gasteiger charge is 2.28. The van der Waals surface area contributed by atoms with Crippen LogP contribution in [0.25, 0.3) is 11.1 Å². The maximum absolute atomic E-state index is 15.7. The van der Waals surface area contributed by atoms with E-state index in [1.54, 1.807) is 42.7 Å². The Labute approximate surface area is 250 Å². The van der Waals surface area contributed by atoms with E-state index in [9.17, 15) is 4.79 Å². The Balaban J connectivity index is 1.36. The van der Waals surface area contributed by atoms with Crippen molar-refractivity contribution in [1.29, 1.82) is 0 Å². The van der Waals surface area contributed by atoms with Gasteiger partial charge in [-0.05, 0) is 44.0 Å². The fraction of sp³-hybridized carbons (Fsp3) is 0.294. The zero-order valence-electron chi connectivity index (χ0n) is 24.6. The molecule has 1 fully saturated rings. The van der Waals surface area contributed by atoms with E-state index in [1.807, 2.05) is 60.7 Å². The highest BCUT2D eigenvalue weighted by molar-refractivity contribution is 5.72. The molecule has 0 N–H and O–H groups in total. The number of hydrogen-bond donors (Lipinski definition) is 0. The van der Waals surface area contributed by atoms with Gasteiger partial charge in [-0.15, -0.1) is 0 Å².